The van der Waals surface area contributed by atoms with Gasteiger partial charge < -0.3 is 29.6 Å². The number of ether oxygens (including phenoxy) is 1. The average Bonchev–Trinajstić information content (AvgIpc) is 4.08. The third kappa shape index (κ3) is 9.09. The number of hydrogen-bond acceptors (Lipinski definition) is 13. The van der Waals surface area contributed by atoms with E-state index < -0.39 is 46.9 Å². The molecule has 11 rings (SSSR count). The van der Waals surface area contributed by atoms with Crippen LogP contribution in [0.4, 0.5) is 14.6 Å². The second-order valence-corrected chi connectivity index (χ2v) is 21.3. The molecule has 15 nitrogen and oxygen atoms in total. The lowest BCUT2D eigenvalue weighted by Crippen LogP contribution is -2.54. The Bertz CT molecular complexity index is 2980. The minimum Gasteiger partial charge on any atom is -0.508 e. The zero-order valence-corrected chi connectivity index (χ0v) is 40.3. The van der Waals surface area contributed by atoms with Crippen LogP contribution in [0.2, 0.25) is 0 Å². The molecule has 4 amide bonds. The van der Waals surface area contributed by atoms with Crippen molar-refractivity contribution in [3.05, 3.63) is 82.5 Å². The monoisotopic (exact) mass is 970 g/mol. The molecule has 1 saturated carbocycles. The molecule has 2 aromatic heterocycles. The molecule has 0 spiro atoms. The number of pyridine rings is 1. The number of aromatic nitrogens is 3. The molecule has 71 heavy (non-hydrogen) atoms. The van der Waals surface area contributed by atoms with Gasteiger partial charge in [0.2, 0.25) is 11.8 Å². The number of aromatic hydroxyl groups is 1. The van der Waals surface area contributed by atoms with Crippen LogP contribution in [0.5, 0.6) is 11.8 Å². The van der Waals surface area contributed by atoms with Gasteiger partial charge in [0, 0.05) is 49.8 Å². The number of rotatable bonds is 12. The second-order valence-electron chi connectivity index (χ2n) is 21.3. The van der Waals surface area contributed by atoms with Crippen molar-refractivity contribution in [2.24, 2.45) is 11.3 Å². The Labute approximate surface area is 410 Å². The first-order chi connectivity index (χ1) is 34.2. The van der Waals surface area contributed by atoms with E-state index in [1.165, 1.54) is 24.4 Å². The van der Waals surface area contributed by atoms with Crippen LogP contribution in [0.3, 0.4) is 0 Å². The first-order valence-electron chi connectivity index (χ1n) is 25.4. The number of halogens is 2. The molecular weight excluding hydrogens is 911 g/mol. The lowest BCUT2D eigenvalue weighted by molar-refractivity contribution is -0.136. The highest BCUT2D eigenvalue weighted by atomic mass is 19.1. The molecule has 372 valence electrons. The van der Waals surface area contributed by atoms with Gasteiger partial charge in [-0.3, -0.25) is 34.4 Å². The van der Waals surface area contributed by atoms with E-state index >= 15 is 8.78 Å². The van der Waals surface area contributed by atoms with Crippen molar-refractivity contribution in [3.63, 3.8) is 0 Å². The van der Waals surface area contributed by atoms with Gasteiger partial charge in [-0.05, 0) is 161 Å². The number of anilines is 1. The topological polar surface area (TPSA) is 182 Å². The molecule has 17 heteroatoms. The lowest BCUT2D eigenvalue weighted by atomic mass is 9.87. The molecule has 5 fully saturated rings. The maximum atomic E-state index is 17.1. The highest BCUT2D eigenvalue weighted by Crippen LogP contribution is 2.47. The van der Waals surface area contributed by atoms with E-state index in [9.17, 15) is 29.4 Å². The maximum absolute atomic E-state index is 17.1. The number of nitrogens with one attached hydrogen (secondary N) is 1. The Morgan fingerprint density at radius 1 is 0.859 bits per heavy atom. The SMILES string of the molecule is CCc1c(F)ccc2cc(O)cc(-c3ncc4c(N5CCC[C@@](C)(O)C5)nc(OCC5(CN6CCC(CN7CCC(c8ccc9c(c8)C(=O)N(C8CCC(=O)NC8=O)C9=O)CC7)CC6)CC5)nc4c3F)c12. The number of hydrogen-bond donors (Lipinski definition) is 3. The van der Waals surface area contributed by atoms with Crippen LogP contribution in [0, 0.1) is 23.0 Å². The average molecular weight is 971 g/mol. The van der Waals surface area contributed by atoms with Crippen molar-refractivity contribution >= 4 is 51.1 Å². The number of phenols is 1. The van der Waals surface area contributed by atoms with Crippen molar-refractivity contribution in [2.45, 2.75) is 102 Å². The summed E-state index contributed by atoms with van der Waals surface area (Å²) in [7, 11) is 0. The van der Waals surface area contributed by atoms with Gasteiger partial charge in [0.05, 0.1) is 28.7 Å². The van der Waals surface area contributed by atoms with E-state index in [0.717, 1.165) is 88.3 Å². The van der Waals surface area contributed by atoms with Crippen LogP contribution in [0.15, 0.2) is 48.7 Å². The number of nitrogens with zero attached hydrogens (tertiary/aromatic N) is 7. The van der Waals surface area contributed by atoms with Gasteiger partial charge in [0.1, 0.15) is 34.6 Å². The Hall–Kier alpha value is -6.17. The largest absolute Gasteiger partial charge is 0.508 e. The fourth-order valence-corrected chi connectivity index (χ4v) is 12.0. The van der Waals surface area contributed by atoms with Gasteiger partial charge in [-0.1, -0.05) is 19.1 Å². The van der Waals surface area contributed by atoms with Gasteiger partial charge in [-0.25, -0.2) is 8.78 Å². The van der Waals surface area contributed by atoms with Gasteiger partial charge in [0.15, 0.2) is 5.82 Å². The Morgan fingerprint density at radius 3 is 2.35 bits per heavy atom. The number of piperidine rings is 4. The molecule has 2 atom stereocenters. The summed E-state index contributed by atoms with van der Waals surface area (Å²) in [6, 6.07) is 10.4. The number of imide groups is 2. The molecule has 3 aromatic carbocycles. The van der Waals surface area contributed by atoms with E-state index in [4.69, 9.17) is 9.72 Å². The minimum atomic E-state index is -0.979. The molecule has 1 aliphatic carbocycles. The van der Waals surface area contributed by atoms with Crippen LogP contribution in [0.1, 0.15) is 116 Å². The number of aryl methyl sites for hydroxylation is 1. The van der Waals surface area contributed by atoms with Crippen molar-refractivity contribution in [2.75, 3.05) is 63.9 Å². The molecule has 6 aliphatic rings. The summed E-state index contributed by atoms with van der Waals surface area (Å²) in [6.45, 7) is 10.6. The third-order valence-corrected chi connectivity index (χ3v) is 16.1. The number of aliphatic hydroxyl groups is 1. The first-order valence-corrected chi connectivity index (χ1v) is 25.4. The standard InChI is InChI=1S/C54H60F2N8O7/c1-3-36-41(55)8-6-34-23-35(65)25-39(44(34)36)46-45(56)47-40(26-57-46)48(63-18-4-15-53(2,70)28-63)60-52(59-47)71-30-54(16-17-54)29-62-19-11-31(12-20-62)27-61-21-13-32(14-22-61)33-5-7-37-38(24-33)51(69)64(50(37)68)42-9-10-43(66)58-49(42)67/h5-8,23-26,31-32,42,65,70H,3-4,9-22,27-30H2,1-2H3,(H,58,66,67)/t42?,53-/m1/s1. The number of phenolic OH excluding ortho intramolecular Hbond substituents is 1. The van der Waals surface area contributed by atoms with Crippen molar-refractivity contribution in [1.82, 2.24) is 35.0 Å². The normalized spacial score (nSPS) is 23.5. The van der Waals surface area contributed by atoms with E-state index in [2.05, 4.69) is 25.1 Å². The summed E-state index contributed by atoms with van der Waals surface area (Å²) in [6.07, 6.45) is 9.49. The van der Waals surface area contributed by atoms with Gasteiger partial charge in [0.25, 0.3) is 11.8 Å². The Morgan fingerprint density at radius 2 is 1.62 bits per heavy atom. The number of β-amino-alcohol motifs (C(OH)–C–C–N with tert-alkyl or cyclic N) is 1. The predicted molar refractivity (Wildman–Crippen MR) is 261 cm³/mol. The summed E-state index contributed by atoms with van der Waals surface area (Å²) in [5.74, 6) is -1.94. The number of likely N-dealkylation sites (tertiary alicyclic amines) is 2. The van der Waals surface area contributed by atoms with Crippen LogP contribution in [-0.4, -0.2) is 134 Å². The molecule has 7 heterocycles. The fraction of sp³-hybridized carbons (Fsp3) is 0.500. The van der Waals surface area contributed by atoms with E-state index in [0.29, 0.717) is 77.0 Å². The first kappa shape index (κ1) is 47.2. The van der Waals surface area contributed by atoms with Gasteiger partial charge >= 0.3 is 6.01 Å². The molecule has 1 unspecified atom stereocenters. The summed E-state index contributed by atoms with van der Waals surface area (Å²) in [5.41, 5.74) is 1.21. The molecular formula is C54H60F2N8O7. The number of carbonyl (C=O) groups excluding carboxylic acids is 4. The Kier molecular flexibility index (Phi) is 12.3. The quantitative estimate of drug-likeness (QED) is 0.110. The molecule has 0 radical (unpaired) electrons. The van der Waals surface area contributed by atoms with Crippen LogP contribution < -0.4 is 15.0 Å². The number of fused-ring (bicyclic) bond motifs is 3. The van der Waals surface area contributed by atoms with Crippen LogP contribution >= 0.6 is 0 Å². The van der Waals surface area contributed by atoms with Gasteiger partial charge in [-0.15, -0.1) is 0 Å². The van der Waals surface area contributed by atoms with Crippen molar-refractivity contribution in [1.29, 1.82) is 0 Å². The maximum Gasteiger partial charge on any atom is 0.319 e. The summed E-state index contributed by atoms with van der Waals surface area (Å²) in [4.78, 5) is 73.1. The van der Waals surface area contributed by atoms with Crippen LogP contribution in [0.25, 0.3) is 32.9 Å². The van der Waals surface area contributed by atoms with E-state index in [-0.39, 0.29) is 59.3 Å². The smallest absolute Gasteiger partial charge is 0.319 e. The third-order valence-electron chi connectivity index (χ3n) is 16.1. The molecule has 5 aliphatic heterocycles. The molecule has 5 aromatic rings. The van der Waals surface area contributed by atoms with E-state index in [1.54, 1.807) is 19.1 Å². The lowest BCUT2D eigenvalue weighted by Gasteiger charge is -2.38. The summed E-state index contributed by atoms with van der Waals surface area (Å²) < 4.78 is 38.8. The molecule has 3 N–H and O–H groups in total. The summed E-state index contributed by atoms with van der Waals surface area (Å²) >= 11 is 0. The van der Waals surface area contributed by atoms with Gasteiger partial charge in [-0.2, -0.15) is 9.97 Å². The van der Waals surface area contributed by atoms with Crippen molar-refractivity contribution < 1.29 is 42.9 Å². The Balaban J connectivity index is 0.725. The summed E-state index contributed by atoms with van der Waals surface area (Å²) in [5, 5.41) is 25.5. The van der Waals surface area contributed by atoms with Crippen molar-refractivity contribution in [3.8, 4) is 23.0 Å². The number of benzene rings is 3. The zero-order valence-electron chi connectivity index (χ0n) is 40.3. The second kappa shape index (κ2) is 18.5. The highest BCUT2D eigenvalue weighted by Gasteiger charge is 2.47. The zero-order chi connectivity index (χ0) is 49.3. The number of carbonyl (C=O) groups is 4. The minimum absolute atomic E-state index is 0.000181. The number of amides is 4. The highest BCUT2D eigenvalue weighted by molar-refractivity contribution is 6.23. The van der Waals surface area contributed by atoms with E-state index in [1.807, 2.05) is 24.0 Å². The predicted octanol–water partition coefficient (Wildman–Crippen LogP) is 6.89. The fourth-order valence-electron chi connectivity index (χ4n) is 12.0. The molecule has 0 bridgehead atoms. The molecule has 4 saturated heterocycles. The van der Waals surface area contributed by atoms with Crippen LogP contribution in [-0.2, 0) is 16.0 Å².